The predicted octanol–water partition coefficient (Wildman–Crippen LogP) is 6.62. The molecule has 0 rings (SSSR count). The molecule has 1 N–H and O–H groups in total. The lowest BCUT2D eigenvalue weighted by molar-refractivity contribution is -0.137. The van der Waals surface area contributed by atoms with Crippen LogP contribution in [0.1, 0.15) is 96.8 Å². The second-order valence-electron chi connectivity index (χ2n) is 6.07. The fraction of sp³-hybridized carbons (Fsp3) is 0.833. The molecule has 0 aliphatic heterocycles. The van der Waals surface area contributed by atoms with Crippen molar-refractivity contribution in [1.82, 2.24) is 0 Å². The molecule has 4 heteroatoms. The maximum Gasteiger partial charge on any atom is 0.303 e. The second kappa shape index (κ2) is 15.8. The molecule has 0 aromatic carbocycles. The molecule has 0 amide bonds. The Morgan fingerprint density at radius 1 is 0.682 bits per heavy atom. The van der Waals surface area contributed by atoms with Crippen molar-refractivity contribution in [3.05, 3.63) is 9.81 Å². The summed E-state index contributed by atoms with van der Waals surface area (Å²) in [6.45, 7) is 2.24. The molecule has 0 heterocycles. The van der Waals surface area contributed by atoms with Gasteiger partial charge in [0.25, 0.3) is 0 Å². The van der Waals surface area contributed by atoms with Gasteiger partial charge in [-0.25, -0.2) is 0 Å². The third kappa shape index (κ3) is 14.8. The Balaban J connectivity index is 3.53. The lowest BCUT2D eigenvalue weighted by Gasteiger charge is -2.07. The molecule has 0 unspecified atom stereocenters. The van der Waals surface area contributed by atoms with Crippen molar-refractivity contribution in [1.29, 1.82) is 0 Å². The highest BCUT2D eigenvalue weighted by Gasteiger charge is 2.01. The highest BCUT2D eigenvalue weighted by atomic mass is 32.1. The molecule has 0 atom stereocenters. The lowest BCUT2D eigenvalue weighted by atomic mass is 10.1. The van der Waals surface area contributed by atoms with Gasteiger partial charge in [-0.1, -0.05) is 58.3 Å². The summed E-state index contributed by atoms with van der Waals surface area (Å²) in [5, 5.41) is 8.56. The summed E-state index contributed by atoms with van der Waals surface area (Å²) in [5.41, 5.74) is 0. The molecule has 0 saturated heterocycles. The van der Waals surface area contributed by atoms with Crippen LogP contribution in [0, 0.1) is 0 Å². The van der Waals surface area contributed by atoms with E-state index in [1.807, 2.05) is 0 Å². The molecule has 0 saturated carbocycles. The molecule has 0 bridgehead atoms. The van der Waals surface area contributed by atoms with Crippen LogP contribution in [0.5, 0.6) is 0 Å². The maximum atomic E-state index is 10.4. The summed E-state index contributed by atoms with van der Waals surface area (Å²) in [6, 6.07) is 0. The average molecular weight is 347 g/mol. The Morgan fingerprint density at radius 3 is 1.45 bits per heavy atom. The van der Waals surface area contributed by atoms with Gasteiger partial charge in [-0.05, 0) is 41.9 Å². The second-order valence-corrected chi connectivity index (χ2v) is 7.15. The summed E-state index contributed by atoms with van der Waals surface area (Å²) >= 11 is 9.17. The predicted molar refractivity (Wildman–Crippen MR) is 103 cm³/mol. The quantitative estimate of drug-likeness (QED) is 0.230. The zero-order valence-corrected chi connectivity index (χ0v) is 15.9. The largest absolute Gasteiger partial charge is 0.481 e. The third-order valence-electron chi connectivity index (χ3n) is 3.90. The van der Waals surface area contributed by atoms with Crippen molar-refractivity contribution in [3.8, 4) is 0 Å². The van der Waals surface area contributed by atoms with E-state index in [-0.39, 0.29) is 0 Å². The molecule has 0 aliphatic carbocycles. The number of hydrogen-bond acceptors (Lipinski definition) is 3. The highest BCUT2D eigenvalue weighted by Crippen LogP contribution is 2.24. The van der Waals surface area contributed by atoms with Crippen molar-refractivity contribution in [2.75, 3.05) is 0 Å². The molecule has 0 aliphatic rings. The minimum atomic E-state index is -0.685. The molecule has 2 nitrogen and oxygen atoms in total. The normalized spacial score (nSPS) is 12.3. The van der Waals surface area contributed by atoms with Crippen LogP contribution in [0.15, 0.2) is 9.81 Å². The molecule has 0 aromatic heterocycles. The maximum absolute atomic E-state index is 10.4. The number of rotatable bonds is 15. The minimum absolute atomic E-state index is 0.302. The van der Waals surface area contributed by atoms with Crippen LogP contribution >= 0.6 is 25.3 Å². The van der Waals surface area contributed by atoms with Gasteiger partial charge in [-0.2, -0.15) is 0 Å². The summed E-state index contributed by atoms with van der Waals surface area (Å²) in [5.74, 6) is -0.685. The minimum Gasteiger partial charge on any atom is -0.481 e. The van der Waals surface area contributed by atoms with Gasteiger partial charge in [0.05, 0.1) is 0 Å². The Hall–Kier alpha value is -0.0900. The van der Waals surface area contributed by atoms with E-state index in [1.165, 1.54) is 38.5 Å². The van der Waals surface area contributed by atoms with Gasteiger partial charge in [0.2, 0.25) is 0 Å². The summed E-state index contributed by atoms with van der Waals surface area (Å²) in [7, 11) is 0. The number of thiol groups is 2. The molecule has 0 radical (unpaired) electrons. The average Bonchev–Trinajstić information content (AvgIpc) is 2.49. The SMILES string of the molecule is CCCCCCCC/C(S)=C(/S)CCCCCCCC(=O)O. The van der Waals surface area contributed by atoms with Crippen molar-refractivity contribution < 1.29 is 9.90 Å². The first-order valence-electron chi connectivity index (χ1n) is 8.89. The van der Waals surface area contributed by atoms with Gasteiger partial charge in [-0.15, -0.1) is 25.3 Å². The van der Waals surface area contributed by atoms with Crippen molar-refractivity contribution in [2.24, 2.45) is 0 Å². The van der Waals surface area contributed by atoms with E-state index in [4.69, 9.17) is 5.11 Å². The van der Waals surface area contributed by atoms with E-state index >= 15 is 0 Å². The van der Waals surface area contributed by atoms with Gasteiger partial charge >= 0.3 is 5.97 Å². The first-order valence-corrected chi connectivity index (χ1v) is 9.79. The van der Waals surface area contributed by atoms with E-state index in [1.54, 1.807) is 0 Å². The summed E-state index contributed by atoms with van der Waals surface area (Å²) in [4.78, 5) is 12.7. The molecule has 22 heavy (non-hydrogen) atoms. The number of aliphatic carboxylic acids is 1. The Bertz CT molecular complexity index is 314. The fourth-order valence-electron chi connectivity index (χ4n) is 2.46. The number of carboxylic acids is 1. The molecule has 130 valence electrons. The fourth-order valence-corrected chi connectivity index (χ4v) is 3.00. The zero-order chi connectivity index (χ0) is 16.6. The first kappa shape index (κ1) is 21.9. The standard InChI is InChI=1S/C18H34O2S2/c1-2-3-4-5-7-10-13-16(21)17(22)14-11-8-6-9-12-15-18(19)20/h21-22H,2-15H2,1H3,(H,19,20)/b17-16-. The van der Waals surface area contributed by atoms with Crippen LogP contribution in [0.3, 0.4) is 0 Å². The smallest absolute Gasteiger partial charge is 0.303 e. The zero-order valence-electron chi connectivity index (χ0n) is 14.1. The van der Waals surface area contributed by atoms with Crippen molar-refractivity contribution in [2.45, 2.75) is 96.8 Å². The Labute approximate surface area is 148 Å². The number of carboxylic acid groups (broad SMARTS) is 1. The summed E-state index contributed by atoms with van der Waals surface area (Å²) in [6.07, 6.45) is 15.5. The first-order chi connectivity index (χ1) is 10.6. The number of hydrogen-bond donors (Lipinski definition) is 3. The van der Waals surface area contributed by atoms with Crippen molar-refractivity contribution in [3.63, 3.8) is 0 Å². The van der Waals surface area contributed by atoms with Crippen LogP contribution in [0.4, 0.5) is 0 Å². The van der Waals surface area contributed by atoms with Crippen LogP contribution in [-0.2, 0) is 4.79 Å². The van der Waals surface area contributed by atoms with Gasteiger partial charge in [0.1, 0.15) is 0 Å². The van der Waals surface area contributed by atoms with Crippen molar-refractivity contribution >= 4 is 31.2 Å². The van der Waals surface area contributed by atoms with Crippen LogP contribution in [0.2, 0.25) is 0 Å². The van der Waals surface area contributed by atoms with Crippen LogP contribution < -0.4 is 0 Å². The molecule has 0 spiro atoms. The topological polar surface area (TPSA) is 37.3 Å². The van der Waals surface area contributed by atoms with E-state index in [9.17, 15) is 4.79 Å². The monoisotopic (exact) mass is 346 g/mol. The van der Waals surface area contributed by atoms with Gasteiger partial charge in [0.15, 0.2) is 0 Å². The van der Waals surface area contributed by atoms with E-state index in [0.29, 0.717) is 6.42 Å². The van der Waals surface area contributed by atoms with Crippen LogP contribution in [-0.4, -0.2) is 11.1 Å². The number of carbonyl (C=O) groups is 1. The molecular weight excluding hydrogens is 312 g/mol. The Morgan fingerprint density at radius 2 is 1.05 bits per heavy atom. The van der Waals surface area contributed by atoms with Gasteiger partial charge in [0, 0.05) is 6.42 Å². The van der Waals surface area contributed by atoms with Crippen LogP contribution in [0.25, 0.3) is 0 Å². The van der Waals surface area contributed by atoms with E-state index < -0.39 is 5.97 Å². The van der Waals surface area contributed by atoms with E-state index in [0.717, 1.165) is 54.8 Å². The molecule has 0 aromatic rings. The van der Waals surface area contributed by atoms with Gasteiger partial charge < -0.3 is 5.11 Å². The van der Waals surface area contributed by atoms with Gasteiger partial charge in [-0.3, -0.25) is 4.79 Å². The van der Waals surface area contributed by atoms with E-state index in [2.05, 4.69) is 32.2 Å². The number of allylic oxidation sites excluding steroid dienone is 2. The molecule has 0 fully saturated rings. The summed E-state index contributed by atoms with van der Waals surface area (Å²) < 4.78 is 0. The highest BCUT2D eigenvalue weighted by molar-refractivity contribution is 7.88. The lowest BCUT2D eigenvalue weighted by Crippen LogP contribution is -1.93. The Kier molecular flexibility index (Phi) is 15.7. The molecular formula is C18H34O2S2. The third-order valence-corrected chi connectivity index (χ3v) is 5.07. The number of unbranched alkanes of at least 4 members (excludes halogenated alkanes) is 9.